The maximum atomic E-state index is 4.13. The molecule has 0 atom stereocenters. The van der Waals surface area contributed by atoms with Gasteiger partial charge < -0.3 is 5.32 Å². The fraction of sp³-hybridized carbons (Fsp3) is 1.00. The normalized spacial score (nSPS) is 23.7. The third kappa shape index (κ3) is 2.80. The standard InChI is InChI=1S/C5H12N2S2/c8-9-7-4-1-2-6-3-5-7/h6,8H,1-5H2. The molecule has 4 heteroatoms. The molecule has 1 saturated heterocycles. The Balaban J connectivity index is 2.18. The SMILES string of the molecule is SSN1CCCNCC1. The summed E-state index contributed by atoms with van der Waals surface area (Å²) in [6.45, 7) is 4.55. The average molecular weight is 164 g/mol. The van der Waals surface area contributed by atoms with E-state index < -0.39 is 0 Å². The summed E-state index contributed by atoms with van der Waals surface area (Å²) >= 11 is 4.13. The van der Waals surface area contributed by atoms with Crippen LogP contribution in [0.2, 0.25) is 0 Å². The van der Waals surface area contributed by atoms with Crippen LogP contribution in [0.3, 0.4) is 0 Å². The molecule has 0 saturated carbocycles. The van der Waals surface area contributed by atoms with Gasteiger partial charge in [0, 0.05) is 19.6 Å². The fourth-order valence-corrected chi connectivity index (χ4v) is 1.78. The smallest absolute Gasteiger partial charge is 0.0223 e. The minimum absolute atomic E-state index is 1.10. The molecule has 0 aromatic heterocycles. The van der Waals surface area contributed by atoms with Crippen LogP contribution in [0.5, 0.6) is 0 Å². The number of rotatable bonds is 1. The van der Waals surface area contributed by atoms with E-state index in [1.165, 1.54) is 13.0 Å². The van der Waals surface area contributed by atoms with Gasteiger partial charge in [0.2, 0.25) is 0 Å². The van der Waals surface area contributed by atoms with Crippen molar-refractivity contribution in [3.05, 3.63) is 0 Å². The van der Waals surface area contributed by atoms with Crippen LogP contribution in [-0.4, -0.2) is 30.5 Å². The second-order valence-electron chi connectivity index (χ2n) is 2.11. The van der Waals surface area contributed by atoms with Crippen molar-refractivity contribution in [3.63, 3.8) is 0 Å². The van der Waals surface area contributed by atoms with Gasteiger partial charge in [-0.05, 0) is 23.9 Å². The average Bonchev–Trinajstić information content (AvgIpc) is 2.13. The summed E-state index contributed by atoms with van der Waals surface area (Å²) in [7, 11) is 1.55. The summed E-state index contributed by atoms with van der Waals surface area (Å²) in [6.07, 6.45) is 1.24. The molecule has 1 fully saturated rings. The van der Waals surface area contributed by atoms with Gasteiger partial charge in [-0.15, -0.1) is 0 Å². The molecule has 1 heterocycles. The topological polar surface area (TPSA) is 15.3 Å². The molecule has 0 spiro atoms. The lowest BCUT2D eigenvalue weighted by Gasteiger charge is -2.12. The van der Waals surface area contributed by atoms with Crippen LogP contribution in [0, 0.1) is 0 Å². The highest BCUT2D eigenvalue weighted by Crippen LogP contribution is 2.13. The lowest BCUT2D eigenvalue weighted by Crippen LogP contribution is -2.21. The predicted molar refractivity (Wildman–Crippen MR) is 45.6 cm³/mol. The van der Waals surface area contributed by atoms with Crippen LogP contribution in [0.1, 0.15) is 6.42 Å². The van der Waals surface area contributed by atoms with Crippen molar-refractivity contribution in [1.82, 2.24) is 9.62 Å². The van der Waals surface area contributed by atoms with Gasteiger partial charge in [0.1, 0.15) is 0 Å². The van der Waals surface area contributed by atoms with Crippen LogP contribution in [0.15, 0.2) is 0 Å². The van der Waals surface area contributed by atoms with Crippen LogP contribution in [-0.2, 0) is 0 Å². The molecule has 1 aliphatic rings. The molecule has 0 aliphatic carbocycles. The number of thiol groups is 1. The molecule has 1 N–H and O–H groups in total. The Labute approximate surface area is 65.3 Å². The zero-order chi connectivity index (χ0) is 6.53. The van der Waals surface area contributed by atoms with Crippen LogP contribution in [0.25, 0.3) is 0 Å². The molecular weight excluding hydrogens is 152 g/mol. The largest absolute Gasteiger partial charge is 0.315 e. The number of nitrogens with one attached hydrogen (secondary N) is 1. The lowest BCUT2D eigenvalue weighted by molar-refractivity contribution is 0.507. The molecule has 0 aromatic rings. The molecule has 1 aliphatic heterocycles. The van der Waals surface area contributed by atoms with Crippen molar-refractivity contribution >= 4 is 22.6 Å². The van der Waals surface area contributed by atoms with E-state index in [0.29, 0.717) is 0 Å². The van der Waals surface area contributed by atoms with Gasteiger partial charge in [0.25, 0.3) is 0 Å². The third-order valence-electron chi connectivity index (χ3n) is 1.41. The molecule has 0 radical (unpaired) electrons. The Morgan fingerprint density at radius 2 is 2.22 bits per heavy atom. The Bertz CT molecular complexity index is 71.4. The van der Waals surface area contributed by atoms with Crippen LogP contribution >= 0.6 is 22.6 Å². The van der Waals surface area contributed by atoms with E-state index in [1.807, 2.05) is 0 Å². The van der Waals surface area contributed by atoms with Crippen LogP contribution in [0.4, 0.5) is 0 Å². The van der Waals surface area contributed by atoms with Gasteiger partial charge in [-0.1, -0.05) is 11.7 Å². The lowest BCUT2D eigenvalue weighted by atomic mass is 10.4. The minimum Gasteiger partial charge on any atom is -0.315 e. The minimum atomic E-state index is 1.10. The fourth-order valence-electron chi connectivity index (χ4n) is 0.903. The second kappa shape index (κ2) is 4.44. The van der Waals surface area contributed by atoms with E-state index >= 15 is 0 Å². The monoisotopic (exact) mass is 164 g/mol. The maximum Gasteiger partial charge on any atom is 0.0223 e. The highest BCUT2D eigenvalue weighted by atomic mass is 33.1. The van der Waals surface area contributed by atoms with Gasteiger partial charge in [-0.3, -0.25) is 0 Å². The van der Waals surface area contributed by atoms with Crippen molar-refractivity contribution in [3.8, 4) is 0 Å². The van der Waals surface area contributed by atoms with Crippen molar-refractivity contribution in [2.24, 2.45) is 0 Å². The third-order valence-corrected chi connectivity index (χ3v) is 2.70. The first-order chi connectivity index (χ1) is 4.43. The number of hydrogen-bond donors (Lipinski definition) is 2. The quantitative estimate of drug-likeness (QED) is 0.338. The number of nitrogens with zero attached hydrogens (tertiary/aromatic N) is 1. The summed E-state index contributed by atoms with van der Waals surface area (Å²) in [5, 5.41) is 3.32. The molecule has 2 nitrogen and oxygen atoms in total. The van der Waals surface area contributed by atoms with Gasteiger partial charge in [-0.2, -0.15) is 0 Å². The van der Waals surface area contributed by atoms with Crippen molar-refractivity contribution in [1.29, 1.82) is 0 Å². The van der Waals surface area contributed by atoms with Gasteiger partial charge >= 0.3 is 0 Å². The molecule has 0 unspecified atom stereocenters. The van der Waals surface area contributed by atoms with Gasteiger partial charge in [-0.25, -0.2) is 4.31 Å². The summed E-state index contributed by atoms with van der Waals surface area (Å²) in [6, 6.07) is 0. The molecule has 54 valence electrons. The van der Waals surface area contributed by atoms with E-state index in [-0.39, 0.29) is 0 Å². The zero-order valence-electron chi connectivity index (χ0n) is 5.34. The molecule has 0 bridgehead atoms. The zero-order valence-corrected chi connectivity index (χ0v) is 7.05. The van der Waals surface area contributed by atoms with Crippen molar-refractivity contribution in [2.75, 3.05) is 26.2 Å². The van der Waals surface area contributed by atoms with E-state index in [0.717, 1.165) is 19.6 Å². The molecule has 0 amide bonds. The Kier molecular flexibility index (Phi) is 3.81. The molecule has 0 aromatic carbocycles. The van der Waals surface area contributed by atoms with Crippen molar-refractivity contribution < 1.29 is 0 Å². The molecular formula is C5H12N2S2. The Morgan fingerprint density at radius 3 is 3.00 bits per heavy atom. The highest BCUT2D eigenvalue weighted by Gasteiger charge is 2.05. The maximum absolute atomic E-state index is 4.13. The van der Waals surface area contributed by atoms with E-state index in [4.69, 9.17) is 0 Å². The molecule has 9 heavy (non-hydrogen) atoms. The predicted octanol–water partition coefficient (Wildman–Crippen LogP) is 0.775. The van der Waals surface area contributed by atoms with Gasteiger partial charge in [0.05, 0.1) is 0 Å². The highest BCUT2D eigenvalue weighted by molar-refractivity contribution is 8.67. The first-order valence-electron chi connectivity index (χ1n) is 3.20. The first-order valence-corrected chi connectivity index (χ1v) is 5.03. The first kappa shape index (κ1) is 7.72. The summed E-state index contributed by atoms with van der Waals surface area (Å²) in [5.74, 6) is 0. The summed E-state index contributed by atoms with van der Waals surface area (Å²) < 4.78 is 2.27. The van der Waals surface area contributed by atoms with E-state index in [9.17, 15) is 0 Å². The summed E-state index contributed by atoms with van der Waals surface area (Å²) in [5.41, 5.74) is 0. The van der Waals surface area contributed by atoms with Crippen molar-refractivity contribution in [2.45, 2.75) is 6.42 Å². The van der Waals surface area contributed by atoms with Crippen LogP contribution < -0.4 is 5.32 Å². The second-order valence-corrected chi connectivity index (χ2v) is 3.28. The molecule has 1 rings (SSSR count). The van der Waals surface area contributed by atoms with E-state index in [1.54, 1.807) is 11.0 Å². The Hall–Kier alpha value is 0.620. The number of hydrogen-bond acceptors (Lipinski definition) is 4. The Morgan fingerprint density at radius 1 is 1.33 bits per heavy atom. The van der Waals surface area contributed by atoms with E-state index in [2.05, 4.69) is 21.3 Å². The van der Waals surface area contributed by atoms with Gasteiger partial charge in [0.15, 0.2) is 0 Å². The summed E-state index contributed by atoms with van der Waals surface area (Å²) in [4.78, 5) is 0.